The van der Waals surface area contributed by atoms with Crippen molar-refractivity contribution in [3.8, 4) is 5.75 Å². The number of rotatable bonds is 1. The summed E-state index contributed by atoms with van der Waals surface area (Å²) < 4.78 is 35.5. The lowest BCUT2D eigenvalue weighted by atomic mass is 9.61. The molecule has 1 amide bonds. The van der Waals surface area contributed by atoms with Crippen LogP contribution in [0.25, 0.3) is 0 Å². The Bertz CT molecular complexity index is 1570. The van der Waals surface area contributed by atoms with Gasteiger partial charge in [-0.3, -0.25) is 4.79 Å². The van der Waals surface area contributed by atoms with Crippen molar-refractivity contribution in [2.45, 2.75) is 82.5 Å². The summed E-state index contributed by atoms with van der Waals surface area (Å²) in [5.41, 5.74) is 2.30. The maximum absolute atomic E-state index is 13.4. The first-order valence-electron chi connectivity index (χ1n) is 16.1. The maximum Gasteiger partial charge on any atom is 0.264 e. The highest BCUT2D eigenvalue weighted by Gasteiger charge is 2.49. The van der Waals surface area contributed by atoms with Gasteiger partial charge in [-0.25, -0.2) is 13.1 Å². The molecule has 0 unspecified atom stereocenters. The SMILES string of the molecule is CC(C)[C@@]1(O)/C=C\C[C@H](C)[C@@H](C)S(=O)(=O)NC(=O)c2ccc3c(c2)N(C[C@@H]2CC[C@H]21)C[C@@]1(CCCc2cc(Cl)ccc21)CO3. The Morgan fingerprint density at radius 1 is 1.14 bits per heavy atom. The minimum atomic E-state index is -3.94. The van der Waals surface area contributed by atoms with Crippen LogP contribution in [0.3, 0.4) is 0 Å². The highest BCUT2D eigenvalue weighted by molar-refractivity contribution is 7.90. The molecular weight excluding hydrogens is 596 g/mol. The Hall–Kier alpha value is -2.55. The number of aliphatic hydroxyl groups is 1. The Morgan fingerprint density at radius 3 is 2.66 bits per heavy atom. The number of anilines is 1. The monoisotopic (exact) mass is 640 g/mol. The molecular formula is C35H45ClN2O5S. The average Bonchev–Trinajstić information content (AvgIpc) is 3.10. The van der Waals surface area contributed by atoms with E-state index in [1.807, 2.05) is 25.1 Å². The second-order valence-electron chi connectivity index (χ2n) is 14.1. The molecule has 2 bridgehead atoms. The summed E-state index contributed by atoms with van der Waals surface area (Å²) in [5, 5.41) is 12.1. The van der Waals surface area contributed by atoms with Crippen molar-refractivity contribution in [3.63, 3.8) is 0 Å². The van der Waals surface area contributed by atoms with E-state index in [-0.39, 0.29) is 34.7 Å². The lowest BCUT2D eigenvalue weighted by Gasteiger charge is -2.50. The third-order valence-corrected chi connectivity index (χ3v) is 13.3. The number of halogens is 1. The van der Waals surface area contributed by atoms with Gasteiger partial charge >= 0.3 is 0 Å². The van der Waals surface area contributed by atoms with E-state index in [0.29, 0.717) is 31.9 Å². The Balaban J connectivity index is 1.46. The summed E-state index contributed by atoms with van der Waals surface area (Å²) in [6, 6.07) is 11.4. The van der Waals surface area contributed by atoms with E-state index in [2.05, 4.69) is 35.6 Å². The van der Waals surface area contributed by atoms with Gasteiger partial charge in [0.25, 0.3) is 5.91 Å². The minimum absolute atomic E-state index is 0.00569. The van der Waals surface area contributed by atoms with E-state index in [4.69, 9.17) is 16.3 Å². The van der Waals surface area contributed by atoms with Crippen molar-refractivity contribution < 1.29 is 23.1 Å². The first kappa shape index (κ1) is 31.4. The standard InChI is InChI=1S/C35H45ClN2O5S/c1-22(2)35(40)16-5-7-23(3)24(4)44(41,42)37-33(39)26-10-14-32-31(18-26)38(19-27-9-12-30(27)35)20-34(21-43-32)15-6-8-25-17-28(36)11-13-29(25)34/h5,10-11,13-14,16-18,22-24,27,30,40H,6-9,12,15,19-21H2,1-4H3,(H,37,39)/b16-5-/t23-,24+,27-,30+,34-,35-/m0/s1. The first-order valence-corrected chi connectivity index (χ1v) is 18.0. The van der Waals surface area contributed by atoms with Crippen LogP contribution in [0.4, 0.5) is 5.69 Å². The molecule has 7 nitrogen and oxygen atoms in total. The van der Waals surface area contributed by atoms with E-state index >= 15 is 0 Å². The highest BCUT2D eigenvalue weighted by Crippen LogP contribution is 2.49. The minimum Gasteiger partial charge on any atom is -0.490 e. The molecule has 1 spiro atoms. The Kier molecular flexibility index (Phi) is 8.34. The number of fused-ring (bicyclic) bond motifs is 4. The number of aryl methyl sites for hydroxylation is 1. The lowest BCUT2D eigenvalue weighted by molar-refractivity contribution is -0.0757. The van der Waals surface area contributed by atoms with Crippen LogP contribution in [0, 0.1) is 23.7 Å². The zero-order valence-electron chi connectivity index (χ0n) is 26.2. The fourth-order valence-electron chi connectivity index (χ4n) is 7.93. The molecule has 2 heterocycles. The third kappa shape index (κ3) is 5.56. The first-order chi connectivity index (χ1) is 20.8. The molecule has 6 atom stereocenters. The number of carbonyl (C=O) groups is 1. The molecule has 2 N–H and O–H groups in total. The van der Waals surface area contributed by atoms with Gasteiger partial charge in [-0.1, -0.05) is 50.6 Å². The van der Waals surface area contributed by atoms with Gasteiger partial charge in [0, 0.05) is 29.1 Å². The van der Waals surface area contributed by atoms with Crippen LogP contribution in [0.1, 0.15) is 81.3 Å². The summed E-state index contributed by atoms with van der Waals surface area (Å²) in [5.74, 6) is 0.0930. The van der Waals surface area contributed by atoms with Gasteiger partial charge in [0.05, 0.1) is 23.1 Å². The molecule has 44 heavy (non-hydrogen) atoms. The zero-order chi connectivity index (χ0) is 31.4. The summed E-state index contributed by atoms with van der Waals surface area (Å²) in [4.78, 5) is 15.8. The van der Waals surface area contributed by atoms with E-state index in [9.17, 15) is 18.3 Å². The van der Waals surface area contributed by atoms with Crippen LogP contribution in [-0.2, 0) is 21.9 Å². The number of nitrogens with zero attached hydrogens (tertiary/aromatic N) is 1. The normalized spacial score (nSPS) is 34.2. The predicted molar refractivity (Wildman–Crippen MR) is 175 cm³/mol. The molecule has 2 aliphatic heterocycles. The number of carbonyl (C=O) groups excluding carboxylic acids is 1. The number of hydrogen-bond acceptors (Lipinski definition) is 6. The second kappa shape index (κ2) is 11.7. The van der Waals surface area contributed by atoms with Crippen LogP contribution in [0.2, 0.25) is 5.02 Å². The van der Waals surface area contributed by atoms with Crippen LogP contribution in [-0.4, -0.2) is 50.0 Å². The molecule has 9 heteroatoms. The molecule has 2 aromatic rings. The molecule has 0 saturated heterocycles. The molecule has 1 saturated carbocycles. The van der Waals surface area contributed by atoms with Crippen LogP contribution in [0.15, 0.2) is 48.6 Å². The van der Waals surface area contributed by atoms with Crippen molar-refractivity contribution in [1.82, 2.24) is 4.72 Å². The highest BCUT2D eigenvalue weighted by atomic mass is 35.5. The molecule has 0 aromatic heterocycles. The molecule has 6 rings (SSSR count). The fraction of sp³-hybridized carbons (Fsp3) is 0.571. The number of benzene rings is 2. The number of amides is 1. The third-order valence-electron chi connectivity index (χ3n) is 11.1. The van der Waals surface area contributed by atoms with Crippen molar-refractivity contribution in [2.75, 3.05) is 24.6 Å². The Morgan fingerprint density at radius 2 is 1.93 bits per heavy atom. The number of hydrogen-bond donors (Lipinski definition) is 2. The topological polar surface area (TPSA) is 95.9 Å². The van der Waals surface area contributed by atoms with Gasteiger partial charge in [0.1, 0.15) is 5.75 Å². The second-order valence-corrected chi connectivity index (χ2v) is 16.5. The molecule has 0 radical (unpaired) electrons. The molecule has 1 fully saturated rings. The van der Waals surface area contributed by atoms with Crippen molar-refractivity contribution in [3.05, 3.63) is 70.3 Å². The summed E-state index contributed by atoms with van der Waals surface area (Å²) in [7, 11) is -3.94. The van der Waals surface area contributed by atoms with Crippen molar-refractivity contribution in [1.29, 1.82) is 0 Å². The smallest absolute Gasteiger partial charge is 0.264 e. The predicted octanol–water partition coefficient (Wildman–Crippen LogP) is 6.27. The molecule has 2 aromatic carbocycles. The van der Waals surface area contributed by atoms with E-state index in [1.54, 1.807) is 25.1 Å². The number of ether oxygens (including phenoxy) is 1. The maximum atomic E-state index is 13.4. The van der Waals surface area contributed by atoms with Crippen LogP contribution < -0.4 is 14.4 Å². The van der Waals surface area contributed by atoms with E-state index < -0.39 is 26.8 Å². The van der Waals surface area contributed by atoms with Crippen molar-refractivity contribution >= 4 is 33.2 Å². The van der Waals surface area contributed by atoms with Gasteiger partial charge in [0.2, 0.25) is 10.0 Å². The van der Waals surface area contributed by atoms with Gasteiger partial charge in [0.15, 0.2) is 0 Å². The largest absolute Gasteiger partial charge is 0.490 e. The summed E-state index contributed by atoms with van der Waals surface area (Å²) in [6.45, 7) is 9.50. The van der Waals surface area contributed by atoms with Crippen molar-refractivity contribution in [2.24, 2.45) is 23.7 Å². The summed E-state index contributed by atoms with van der Waals surface area (Å²) >= 11 is 6.42. The van der Waals surface area contributed by atoms with Crippen LogP contribution in [0.5, 0.6) is 5.75 Å². The molecule has 238 valence electrons. The van der Waals surface area contributed by atoms with E-state index in [0.717, 1.165) is 42.8 Å². The quantitative estimate of drug-likeness (QED) is 0.357. The average molecular weight is 641 g/mol. The number of nitrogens with one attached hydrogen (secondary N) is 1. The number of allylic oxidation sites excluding steroid dienone is 1. The summed E-state index contributed by atoms with van der Waals surface area (Å²) in [6.07, 6.45) is 9.24. The Labute approximate surface area is 267 Å². The van der Waals surface area contributed by atoms with Gasteiger partial charge in [-0.2, -0.15) is 0 Å². The lowest BCUT2D eigenvalue weighted by Crippen LogP contribution is -2.54. The zero-order valence-corrected chi connectivity index (χ0v) is 27.8. The van der Waals surface area contributed by atoms with Gasteiger partial charge in [-0.05, 0) is 111 Å². The molecule has 2 aliphatic carbocycles. The van der Waals surface area contributed by atoms with Crippen LogP contribution >= 0.6 is 11.6 Å². The molecule has 4 aliphatic rings. The fourth-order valence-corrected chi connectivity index (χ4v) is 9.41. The number of sulfonamides is 1. The van der Waals surface area contributed by atoms with E-state index in [1.165, 1.54) is 11.1 Å². The van der Waals surface area contributed by atoms with Gasteiger partial charge in [-0.15, -0.1) is 0 Å². The van der Waals surface area contributed by atoms with Gasteiger partial charge < -0.3 is 14.7 Å².